The van der Waals surface area contributed by atoms with Gasteiger partial charge in [0.25, 0.3) is 5.91 Å². The molecule has 3 aromatic carbocycles. The Bertz CT molecular complexity index is 1190. The largest absolute Gasteiger partial charge is 0.271 e. The van der Waals surface area contributed by atoms with E-state index >= 15 is 0 Å². The second-order valence-electron chi connectivity index (χ2n) is 7.42. The van der Waals surface area contributed by atoms with Crippen molar-refractivity contribution in [3.05, 3.63) is 101 Å². The highest BCUT2D eigenvalue weighted by atomic mass is 32.2. The van der Waals surface area contributed by atoms with Crippen LogP contribution < -0.4 is 9.73 Å². The number of hydrogen-bond acceptors (Lipinski definition) is 4. The van der Waals surface area contributed by atoms with E-state index in [1.807, 2.05) is 62.4 Å². The molecule has 31 heavy (non-hydrogen) atoms. The summed E-state index contributed by atoms with van der Waals surface area (Å²) in [4.78, 5) is 12.3. The first kappa shape index (κ1) is 22.2. The molecule has 0 aliphatic rings. The van der Waals surface area contributed by atoms with Crippen molar-refractivity contribution in [3.8, 4) is 0 Å². The number of nitrogens with zero attached hydrogens (tertiary/aromatic N) is 2. The summed E-state index contributed by atoms with van der Waals surface area (Å²) >= 11 is 0. The van der Waals surface area contributed by atoms with E-state index < -0.39 is 10.0 Å². The summed E-state index contributed by atoms with van der Waals surface area (Å²) in [5.74, 6) is -0.375. The zero-order valence-electron chi connectivity index (χ0n) is 17.7. The lowest BCUT2D eigenvalue weighted by molar-refractivity contribution is 0.0955. The van der Waals surface area contributed by atoms with E-state index in [0.29, 0.717) is 11.3 Å². The minimum Gasteiger partial charge on any atom is -0.267 e. The van der Waals surface area contributed by atoms with Crippen molar-refractivity contribution in [3.63, 3.8) is 0 Å². The lowest BCUT2D eigenvalue weighted by Crippen LogP contribution is -2.29. The van der Waals surface area contributed by atoms with Gasteiger partial charge >= 0.3 is 0 Å². The summed E-state index contributed by atoms with van der Waals surface area (Å²) in [5.41, 5.74) is 7.33. The Kier molecular flexibility index (Phi) is 6.87. The molecule has 3 aromatic rings. The molecule has 0 heterocycles. The van der Waals surface area contributed by atoms with Crippen molar-refractivity contribution in [2.75, 3.05) is 10.6 Å². The summed E-state index contributed by atoms with van der Waals surface area (Å²) in [5, 5.41) is 3.99. The van der Waals surface area contributed by atoms with Gasteiger partial charge in [-0.15, -0.1) is 0 Å². The van der Waals surface area contributed by atoms with Gasteiger partial charge in [-0.2, -0.15) is 5.10 Å². The minimum absolute atomic E-state index is 0.214. The van der Waals surface area contributed by atoms with Crippen molar-refractivity contribution in [2.24, 2.45) is 5.10 Å². The predicted octanol–water partition coefficient (Wildman–Crippen LogP) is 4.03. The van der Waals surface area contributed by atoms with Crippen LogP contribution >= 0.6 is 0 Å². The van der Waals surface area contributed by atoms with Crippen molar-refractivity contribution >= 4 is 27.8 Å². The van der Waals surface area contributed by atoms with Gasteiger partial charge in [-0.05, 0) is 49.2 Å². The number of nitrogens with one attached hydrogen (secondary N) is 1. The fourth-order valence-electron chi connectivity index (χ4n) is 3.02. The number of sulfonamides is 1. The quantitative estimate of drug-likeness (QED) is 0.449. The lowest BCUT2D eigenvalue weighted by Gasteiger charge is -2.22. The third-order valence-electron chi connectivity index (χ3n) is 4.69. The Morgan fingerprint density at radius 3 is 2.26 bits per heavy atom. The zero-order valence-corrected chi connectivity index (χ0v) is 18.6. The van der Waals surface area contributed by atoms with Crippen LogP contribution in [0.1, 0.15) is 32.6 Å². The average molecular weight is 436 g/mol. The molecule has 7 heteroatoms. The normalized spacial score (nSPS) is 11.5. The van der Waals surface area contributed by atoms with Crippen LogP contribution in [0, 0.1) is 13.8 Å². The van der Waals surface area contributed by atoms with Crippen LogP contribution in [-0.4, -0.2) is 26.8 Å². The molecule has 0 aliphatic heterocycles. The topological polar surface area (TPSA) is 78.8 Å². The molecule has 3 rings (SSSR count). The van der Waals surface area contributed by atoms with Crippen LogP contribution in [0.3, 0.4) is 0 Å². The maximum Gasteiger partial charge on any atom is 0.271 e. The molecule has 0 radical (unpaired) electrons. The highest BCUT2D eigenvalue weighted by molar-refractivity contribution is 7.92. The molecule has 6 nitrogen and oxygen atoms in total. The number of anilines is 1. The molecule has 0 spiro atoms. The summed E-state index contributed by atoms with van der Waals surface area (Å²) in [6.45, 7) is 4.17. The molecule has 0 bridgehead atoms. The molecule has 0 atom stereocenters. The molecule has 0 unspecified atom stereocenters. The number of amides is 1. The zero-order chi connectivity index (χ0) is 22.4. The smallest absolute Gasteiger partial charge is 0.267 e. The molecule has 1 N–H and O–H groups in total. The van der Waals surface area contributed by atoms with Crippen molar-refractivity contribution in [1.82, 2.24) is 5.43 Å². The van der Waals surface area contributed by atoms with Crippen molar-refractivity contribution in [2.45, 2.75) is 20.4 Å². The number of hydrazone groups is 1. The Labute approximate surface area is 183 Å². The van der Waals surface area contributed by atoms with E-state index in [-0.39, 0.29) is 12.5 Å². The van der Waals surface area contributed by atoms with Gasteiger partial charge in [0.05, 0.1) is 24.7 Å². The first-order chi connectivity index (χ1) is 14.7. The van der Waals surface area contributed by atoms with Gasteiger partial charge in [0.2, 0.25) is 10.0 Å². The fraction of sp³-hybridized carbons (Fsp3) is 0.167. The molecular formula is C24H25N3O3S. The van der Waals surface area contributed by atoms with E-state index in [1.54, 1.807) is 30.5 Å². The highest BCUT2D eigenvalue weighted by Gasteiger charge is 2.18. The monoisotopic (exact) mass is 435 g/mol. The molecule has 0 saturated heterocycles. The minimum atomic E-state index is -3.50. The van der Waals surface area contributed by atoms with Gasteiger partial charge in [0.1, 0.15) is 0 Å². The Morgan fingerprint density at radius 1 is 0.968 bits per heavy atom. The van der Waals surface area contributed by atoms with Crippen molar-refractivity contribution < 1.29 is 13.2 Å². The maximum absolute atomic E-state index is 12.3. The summed E-state index contributed by atoms with van der Waals surface area (Å²) in [7, 11) is -3.50. The summed E-state index contributed by atoms with van der Waals surface area (Å²) < 4.78 is 26.0. The number of rotatable bonds is 7. The SMILES string of the molecule is Cc1ccc(CN(c2ccc(C(=O)N/N=C\c3cccc(C)c3)cc2)S(C)(=O)=O)cc1. The fourth-order valence-corrected chi connectivity index (χ4v) is 3.91. The van der Waals surface area contributed by atoms with Gasteiger partial charge in [-0.1, -0.05) is 59.7 Å². The van der Waals surface area contributed by atoms with Crippen LogP contribution in [-0.2, 0) is 16.6 Å². The Morgan fingerprint density at radius 2 is 1.65 bits per heavy atom. The van der Waals surface area contributed by atoms with Gasteiger partial charge in [-0.25, -0.2) is 13.8 Å². The number of carbonyl (C=O) groups excluding carboxylic acids is 1. The predicted molar refractivity (Wildman–Crippen MR) is 125 cm³/mol. The van der Waals surface area contributed by atoms with Crippen LogP contribution in [0.25, 0.3) is 0 Å². The standard InChI is InChI=1S/C24H25N3O3S/c1-18-7-9-20(10-8-18)17-27(31(3,29)30)23-13-11-22(12-14-23)24(28)26-25-16-21-6-4-5-19(2)15-21/h4-16H,17H2,1-3H3,(H,26,28)/b25-16-. The van der Waals surface area contributed by atoms with Crippen LogP contribution in [0.2, 0.25) is 0 Å². The van der Waals surface area contributed by atoms with E-state index in [0.717, 1.165) is 22.3 Å². The molecule has 0 aromatic heterocycles. The molecule has 1 amide bonds. The summed E-state index contributed by atoms with van der Waals surface area (Å²) in [6, 6.07) is 21.9. The van der Waals surface area contributed by atoms with E-state index in [9.17, 15) is 13.2 Å². The number of benzene rings is 3. The van der Waals surface area contributed by atoms with Gasteiger partial charge in [-0.3, -0.25) is 9.10 Å². The average Bonchev–Trinajstić information content (AvgIpc) is 2.72. The molecule has 0 fully saturated rings. The van der Waals surface area contributed by atoms with E-state index in [2.05, 4.69) is 10.5 Å². The van der Waals surface area contributed by atoms with Crippen molar-refractivity contribution in [1.29, 1.82) is 0 Å². The third-order valence-corrected chi connectivity index (χ3v) is 5.83. The van der Waals surface area contributed by atoms with Gasteiger partial charge < -0.3 is 0 Å². The maximum atomic E-state index is 12.3. The first-order valence-electron chi connectivity index (χ1n) is 9.76. The lowest BCUT2D eigenvalue weighted by atomic mass is 10.1. The highest BCUT2D eigenvalue weighted by Crippen LogP contribution is 2.21. The van der Waals surface area contributed by atoms with Crippen LogP contribution in [0.5, 0.6) is 0 Å². The molecule has 160 valence electrons. The Hall–Kier alpha value is -3.45. The summed E-state index contributed by atoms with van der Waals surface area (Å²) in [6.07, 6.45) is 2.74. The second-order valence-corrected chi connectivity index (χ2v) is 9.32. The molecular weight excluding hydrogens is 410 g/mol. The van der Waals surface area contributed by atoms with E-state index in [4.69, 9.17) is 0 Å². The number of hydrogen-bond donors (Lipinski definition) is 1. The number of carbonyl (C=O) groups is 1. The van der Waals surface area contributed by atoms with Crippen LogP contribution in [0.4, 0.5) is 5.69 Å². The van der Waals surface area contributed by atoms with Gasteiger partial charge in [0, 0.05) is 5.56 Å². The number of aryl methyl sites for hydroxylation is 2. The van der Waals surface area contributed by atoms with Gasteiger partial charge in [0.15, 0.2) is 0 Å². The first-order valence-corrected chi connectivity index (χ1v) is 11.6. The molecule has 0 aliphatic carbocycles. The van der Waals surface area contributed by atoms with Crippen LogP contribution in [0.15, 0.2) is 77.9 Å². The second kappa shape index (κ2) is 9.57. The molecule has 0 saturated carbocycles. The Balaban J connectivity index is 1.71. The van der Waals surface area contributed by atoms with E-state index in [1.165, 1.54) is 10.6 Å². The third kappa shape index (κ3) is 6.26.